The van der Waals surface area contributed by atoms with Crippen LogP contribution in [0.3, 0.4) is 0 Å². The molecule has 0 radical (unpaired) electrons. The zero-order chi connectivity index (χ0) is 13.6. The van der Waals surface area contributed by atoms with E-state index >= 15 is 0 Å². The van der Waals surface area contributed by atoms with E-state index in [0.29, 0.717) is 6.54 Å². The van der Waals surface area contributed by atoms with E-state index in [1.807, 2.05) is 31.2 Å². The van der Waals surface area contributed by atoms with Gasteiger partial charge in [-0.15, -0.1) is 0 Å². The molecule has 0 fully saturated rings. The first kappa shape index (κ1) is 14.7. The van der Waals surface area contributed by atoms with E-state index in [0.717, 1.165) is 11.1 Å². The maximum Gasteiger partial charge on any atom is 0.235 e. The van der Waals surface area contributed by atoms with Gasteiger partial charge in [-0.1, -0.05) is 29.8 Å². The van der Waals surface area contributed by atoms with E-state index in [1.165, 1.54) is 6.92 Å². The SMILES string of the molecule is CCS(=O)(=O)NCC(=O)NCc1cccc(C)c1. The Hall–Kier alpha value is -1.40. The molecule has 0 heterocycles. The molecule has 0 aliphatic carbocycles. The van der Waals surface area contributed by atoms with Gasteiger partial charge in [0.2, 0.25) is 15.9 Å². The average Bonchev–Trinajstić information content (AvgIpc) is 2.34. The molecule has 0 unspecified atom stereocenters. The lowest BCUT2D eigenvalue weighted by atomic mass is 10.1. The smallest absolute Gasteiger partial charge is 0.235 e. The number of rotatable bonds is 6. The topological polar surface area (TPSA) is 75.3 Å². The highest BCUT2D eigenvalue weighted by molar-refractivity contribution is 7.89. The second kappa shape index (κ2) is 6.51. The van der Waals surface area contributed by atoms with Crippen LogP contribution >= 0.6 is 0 Å². The number of hydrogen-bond donors (Lipinski definition) is 2. The normalized spacial score (nSPS) is 11.2. The van der Waals surface area contributed by atoms with Gasteiger partial charge in [0, 0.05) is 6.54 Å². The van der Waals surface area contributed by atoms with Gasteiger partial charge in [-0.3, -0.25) is 4.79 Å². The summed E-state index contributed by atoms with van der Waals surface area (Å²) in [5, 5.41) is 2.66. The summed E-state index contributed by atoms with van der Waals surface area (Å²) in [5.74, 6) is -0.369. The molecule has 100 valence electrons. The van der Waals surface area contributed by atoms with Crippen molar-refractivity contribution in [2.24, 2.45) is 0 Å². The predicted octanol–water partition coefficient (Wildman–Crippen LogP) is 0.551. The van der Waals surface area contributed by atoms with Crippen LogP contribution < -0.4 is 10.0 Å². The van der Waals surface area contributed by atoms with Crippen molar-refractivity contribution in [3.63, 3.8) is 0 Å². The first-order valence-electron chi connectivity index (χ1n) is 5.72. The van der Waals surface area contributed by atoms with Crippen LogP contribution in [0.25, 0.3) is 0 Å². The zero-order valence-corrected chi connectivity index (χ0v) is 11.4. The van der Waals surface area contributed by atoms with Gasteiger partial charge in [0.25, 0.3) is 0 Å². The molecule has 0 saturated heterocycles. The molecule has 6 heteroatoms. The van der Waals surface area contributed by atoms with Gasteiger partial charge in [0.1, 0.15) is 0 Å². The summed E-state index contributed by atoms with van der Waals surface area (Å²) in [5.41, 5.74) is 2.11. The molecule has 0 spiro atoms. The Kier molecular flexibility index (Phi) is 5.30. The largest absolute Gasteiger partial charge is 0.351 e. The van der Waals surface area contributed by atoms with E-state index in [1.54, 1.807) is 0 Å². The van der Waals surface area contributed by atoms with Crippen LogP contribution in [0.1, 0.15) is 18.1 Å². The van der Waals surface area contributed by atoms with Crippen molar-refractivity contribution >= 4 is 15.9 Å². The molecule has 0 saturated carbocycles. The van der Waals surface area contributed by atoms with Crippen LogP contribution in [0.4, 0.5) is 0 Å². The van der Waals surface area contributed by atoms with Crippen LogP contribution in [-0.4, -0.2) is 26.6 Å². The van der Waals surface area contributed by atoms with Gasteiger partial charge in [0.05, 0.1) is 12.3 Å². The number of carbonyl (C=O) groups is 1. The van der Waals surface area contributed by atoms with Crippen LogP contribution in [-0.2, 0) is 21.4 Å². The summed E-state index contributed by atoms with van der Waals surface area (Å²) >= 11 is 0. The van der Waals surface area contributed by atoms with Crippen molar-refractivity contribution in [1.29, 1.82) is 0 Å². The van der Waals surface area contributed by atoms with Crippen molar-refractivity contribution in [2.75, 3.05) is 12.3 Å². The molecule has 1 aromatic rings. The lowest BCUT2D eigenvalue weighted by Gasteiger charge is -2.07. The molecule has 1 rings (SSSR count). The second-order valence-corrected chi connectivity index (χ2v) is 6.09. The predicted molar refractivity (Wildman–Crippen MR) is 70.5 cm³/mol. The van der Waals surface area contributed by atoms with E-state index in [4.69, 9.17) is 0 Å². The molecule has 0 aliphatic heterocycles. The van der Waals surface area contributed by atoms with E-state index in [9.17, 15) is 13.2 Å². The molecule has 18 heavy (non-hydrogen) atoms. The number of carbonyl (C=O) groups excluding carboxylic acids is 1. The Morgan fingerprint density at radius 3 is 2.67 bits per heavy atom. The number of aryl methyl sites for hydroxylation is 1. The summed E-state index contributed by atoms with van der Waals surface area (Å²) in [6.45, 7) is 3.67. The number of benzene rings is 1. The van der Waals surface area contributed by atoms with Crippen LogP contribution in [0, 0.1) is 6.92 Å². The molecular weight excluding hydrogens is 252 g/mol. The fourth-order valence-electron chi connectivity index (χ4n) is 1.36. The van der Waals surface area contributed by atoms with E-state index in [-0.39, 0.29) is 18.2 Å². The first-order chi connectivity index (χ1) is 8.43. The Bertz CT molecular complexity index is 512. The highest BCUT2D eigenvalue weighted by Crippen LogP contribution is 2.02. The Morgan fingerprint density at radius 2 is 2.06 bits per heavy atom. The minimum absolute atomic E-state index is 0.0296. The number of nitrogens with one attached hydrogen (secondary N) is 2. The third kappa shape index (κ3) is 5.29. The summed E-state index contributed by atoms with van der Waals surface area (Å²) in [6, 6.07) is 7.76. The minimum Gasteiger partial charge on any atom is -0.351 e. The quantitative estimate of drug-likeness (QED) is 0.792. The van der Waals surface area contributed by atoms with E-state index in [2.05, 4.69) is 10.0 Å². The maximum atomic E-state index is 11.4. The average molecular weight is 270 g/mol. The van der Waals surface area contributed by atoms with Crippen LogP contribution in [0.5, 0.6) is 0 Å². The highest BCUT2D eigenvalue weighted by atomic mass is 32.2. The molecule has 2 N–H and O–H groups in total. The lowest BCUT2D eigenvalue weighted by Crippen LogP contribution is -2.37. The van der Waals surface area contributed by atoms with Crippen molar-refractivity contribution in [2.45, 2.75) is 20.4 Å². The van der Waals surface area contributed by atoms with Crippen molar-refractivity contribution < 1.29 is 13.2 Å². The Morgan fingerprint density at radius 1 is 1.33 bits per heavy atom. The molecular formula is C12H18N2O3S. The zero-order valence-electron chi connectivity index (χ0n) is 10.6. The molecule has 0 bridgehead atoms. The van der Waals surface area contributed by atoms with Gasteiger partial charge < -0.3 is 5.32 Å². The fraction of sp³-hybridized carbons (Fsp3) is 0.417. The maximum absolute atomic E-state index is 11.4. The number of amides is 1. The van der Waals surface area contributed by atoms with Crippen molar-refractivity contribution in [1.82, 2.24) is 10.0 Å². The minimum atomic E-state index is -3.32. The van der Waals surface area contributed by atoms with Crippen molar-refractivity contribution in [3.8, 4) is 0 Å². The lowest BCUT2D eigenvalue weighted by molar-refractivity contribution is -0.120. The summed E-state index contributed by atoms with van der Waals surface area (Å²) in [7, 11) is -3.32. The first-order valence-corrected chi connectivity index (χ1v) is 7.38. The van der Waals surface area contributed by atoms with Gasteiger partial charge in [-0.2, -0.15) is 0 Å². The van der Waals surface area contributed by atoms with Gasteiger partial charge in [-0.25, -0.2) is 13.1 Å². The standard InChI is InChI=1S/C12H18N2O3S/c1-3-18(16,17)14-9-12(15)13-8-11-6-4-5-10(2)7-11/h4-7,14H,3,8-9H2,1-2H3,(H,13,15). The molecule has 0 atom stereocenters. The third-order valence-electron chi connectivity index (χ3n) is 2.40. The molecule has 1 aromatic carbocycles. The summed E-state index contributed by atoms with van der Waals surface area (Å²) < 4.78 is 24.5. The van der Waals surface area contributed by atoms with E-state index < -0.39 is 10.0 Å². The van der Waals surface area contributed by atoms with Crippen LogP contribution in [0.2, 0.25) is 0 Å². The van der Waals surface area contributed by atoms with Gasteiger partial charge >= 0.3 is 0 Å². The fourth-order valence-corrected chi connectivity index (χ4v) is 1.92. The molecule has 0 aliphatic rings. The second-order valence-electron chi connectivity index (χ2n) is 3.99. The third-order valence-corrected chi connectivity index (χ3v) is 3.75. The molecule has 5 nitrogen and oxygen atoms in total. The number of sulfonamides is 1. The Balaban J connectivity index is 2.38. The summed E-state index contributed by atoms with van der Waals surface area (Å²) in [6.07, 6.45) is 0. The van der Waals surface area contributed by atoms with Crippen LogP contribution in [0.15, 0.2) is 24.3 Å². The molecule has 1 amide bonds. The number of hydrogen-bond acceptors (Lipinski definition) is 3. The van der Waals surface area contributed by atoms with Gasteiger partial charge in [0.15, 0.2) is 0 Å². The monoisotopic (exact) mass is 270 g/mol. The van der Waals surface area contributed by atoms with Crippen molar-refractivity contribution in [3.05, 3.63) is 35.4 Å². The summed E-state index contributed by atoms with van der Waals surface area (Å²) in [4.78, 5) is 11.4. The van der Waals surface area contributed by atoms with Gasteiger partial charge in [-0.05, 0) is 19.4 Å². The Labute approximate surface area is 108 Å². The molecule has 0 aromatic heterocycles. The highest BCUT2D eigenvalue weighted by Gasteiger charge is 2.08.